The van der Waals surface area contributed by atoms with Crippen LogP contribution in [0.15, 0.2) is 59.3 Å². The van der Waals surface area contributed by atoms with E-state index in [1.54, 1.807) is 0 Å². The Morgan fingerprint density at radius 3 is 2.58 bits per heavy atom. The third-order valence-electron chi connectivity index (χ3n) is 4.47. The van der Waals surface area contributed by atoms with Crippen molar-refractivity contribution in [3.63, 3.8) is 0 Å². The number of benzene rings is 1. The molecular formula is C21H18ClF4N4O3+. The summed E-state index contributed by atoms with van der Waals surface area (Å²) in [6, 6.07) is 4.69. The molecule has 4 N–H and O–H groups in total. The fraction of sp³-hybridized carbons (Fsp3) is 0.190. The van der Waals surface area contributed by atoms with E-state index in [1.807, 2.05) is 0 Å². The SMILES string of the molecule is CNC(=O)c1cc(Oc2ccc(NC(=O)NC3C=C(C(F)(F)F)C(Cl)=CC3)c(F)c2)cc[nH+]1. The number of hydrogen-bond donors (Lipinski definition) is 3. The Balaban J connectivity index is 1.64. The Morgan fingerprint density at radius 1 is 1.18 bits per heavy atom. The van der Waals surface area contributed by atoms with Gasteiger partial charge in [-0.2, -0.15) is 13.2 Å². The highest BCUT2D eigenvalue weighted by Crippen LogP contribution is 2.36. The summed E-state index contributed by atoms with van der Waals surface area (Å²) in [7, 11) is 1.46. The molecule has 1 atom stereocenters. The number of rotatable bonds is 5. The van der Waals surface area contributed by atoms with E-state index < -0.39 is 34.7 Å². The van der Waals surface area contributed by atoms with Crippen molar-refractivity contribution in [3.8, 4) is 11.5 Å². The standard InChI is InChI=1S/C21H17ClF4N4O3/c1-27-19(31)18-10-13(6-7-28-18)33-12-3-5-17(16(23)9-12)30-20(32)29-11-2-4-15(22)14(8-11)21(24,25)26/h3-11H,2H2,1H3,(H,27,31)(H2,29,30,32)/p+1. The molecule has 3 amide bonds. The molecule has 0 fully saturated rings. The van der Waals surface area contributed by atoms with Crippen LogP contribution in [0.5, 0.6) is 11.5 Å². The van der Waals surface area contributed by atoms with Gasteiger partial charge in [0.05, 0.1) is 23.4 Å². The molecule has 1 unspecified atom stereocenters. The summed E-state index contributed by atoms with van der Waals surface area (Å²) in [6.45, 7) is 0. The number of halogens is 5. The van der Waals surface area contributed by atoms with E-state index in [2.05, 4.69) is 20.9 Å². The summed E-state index contributed by atoms with van der Waals surface area (Å²) in [5.41, 5.74) is -1.03. The van der Waals surface area contributed by atoms with Crippen LogP contribution in [0.2, 0.25) is 0 Å². The van der Waals surface area contributed by atoms with Crippen molar-refractivity contribution in [1.29, 1.82) is 0 Å². The number of urea groups is 1. The van der Waals surface area contributed by atoms with Gasteiger partial charge in [-0.15, -0.1) is 0 Å². The lowest BCUT2D eigenvalue weighted by Gasteiger charge is -2.22. The Morgan fingerprint density at radius 2 is 1.91 bits per heavy atom. The van der Waals surface area contributed by atoms with Crippen LogP contribution in [0.25, 0.3) is 0 Å². The highest BCUT2D eigenvalue weighted by atomic mass is 35.5. The van der Waals surface area contributed by atoms with Gasteiger partial charge < -0.3 is 20.7 Å². The molecule has 1 aromatic heterocycles. The molecule has 174 valence electrons. The van der Waals surface area contributed by atoms with Gasteiger partial charge in [-0.25, -0.2) is 14.2 Å². The quantitative estimate of drug-likeness (QED) is 0.551. The number of H-pyrrole nitrogens is 1. The number of allylic oxidation sites excluding steroid dienone is 2. The number of aromatic nitrogens is 1. The Labute approximate surface area is 190 Å². The molecule has 0 spiro atoms. The number of hydrogen-bond acceptors (Lipinski definition) is 3. The van der Waals surface area contributed by atoms with Crippen LogP contribution in [-0.2, 0) is 0 Å². The van der Waals surface area contributed by atoms with Crippen LogP contribution in [0.4, 0.5) is 28.0 Å². The van der Waals surface area contributed by atoms with Gasteiger partial charge in [0.15, 0.2) is 6.20 Å². The van der Waals surface area contributed by atoms with Crippen LogP contribution in [-0.4, -0.2) is 31.2 Å². The second-order valence-corrected chi connectivity index (χ2v) is 7.24. The second kappa shape index (κ2) is 9.90. The molecule has 0 bridgehead atoms. The van der Waals surface area contributed by atoms with Crippen molar-refractivity contribution >= 4 is 29.2 Å². The van der Waals surface area contributed by atoms with Crippen molar-refractivity contribution in [2.45, 2.75) is 18.6 Å². The van der Waals surface area contributed by atoms with Crippen molar-refractivity contribution in [3.05, 3.63) is 70.8 Å². The first kappa shape index (κ1) is 24.1. The molecule has 1 heterocycles. The molecule has 33 heavy (non-hydrogen) atoms. The molecule has 12 heteroatoms. The van der Waals surface area contributed by atoms with Gasteiger partial charge in [0.25, 0.3) is 5.69 Å². The number of anilines is 1. The van der Waals surface area contributed by atoms with E-state index in [9.17, 15) is 27.2 Å². The number of pyridine rings is 1. The van der Waals surface area contributed by atoms with E-state index in [4.69, 9.17) is 16.3 Å². The van der Waals surface area contributed by atoms with Crippen molar-refractivity contribution in [2.24, 2.45) is 0 Å². The summed E-state index contributed by atoms with van der Waals surface area (Å²) >= 11 is 5.59. The molecule has 0 aliphatic heterocycles. The van der Waals surface area contributed by atoms with Crippen LogP contribution < -0.4 is 25.7 Å². The third kappa shape index (κ3) is 6.22. The Kier molecular flexibility index (Phi) is 7.22. The highest BCUT2D eigenvalue weighted by Gasteiger charge is 2.37. The predicted octanol–water partition coefficient (Wildman–Crippen LogP) is 4.30. The topological polar surface area (TPSA) is 93.6 Å². The number of amides is 3. The largest absolute Gasteiger partial charge is 0.457 e. The monoisotopic (exact) mass is 485 g/mol. The van der Waals surface area contributed by atoms with E-state index in [0.29, 0.717) is 0 Å². The van der Waals surface area contributed by atoms with Gasteiger partial charge >= 0.3 is 18.1 Å². The Hall–Kier alpha value is -3.60. The highest BCUT2D eigenvalue weighted by molar-refractivity contribution is 6.32. The molecule has 0 saturated heterocycles. The van der Waals surface area contributed by atoms with E-state index in [-0.39, 0.29) is 35.2 Å². The minimum Gasteiger partial charge on any atom is -0.457 e. The minimum atomic E-state index is -4.66. The summed E-state index contributed by atoms with van der Waals surface area (Å²) in [5.74, 6) is -0.848. The van der Waals surface area contributed by atoms with Crippen molar-refractivity contribution in [1.82, 2.24) is 10.6 Å². The van der Waals surface area contributed by atoms with Gasteiger partial charge in [0.1, 0.15) is 17.3 Å². The molecule has 0 saturated carbocycles. The number of aromatic amines is 1. The zero-order valence-corrected chi connectivity index (χ0v) is 17.8. The zero-order chi connectivity index (χ0) is 24.2. The average Bonchev–Trinajstić information content (AvgIpc) is 2.76. The normalized spacial score (nSPS) is 15.8. The Bertz CT molecular complexity index is 1130. The lowest BCUT2D eigenvalue weighted by Crippen LogP contribution is -2.38. The molecule has 0 radical (unpaired) electrons. The van der Waals surface area contributed by atoms with Crippen LogP contribution >= 0.6 is 11.6 Å². The van der Waals surface area contributed by atoms with E-state index >= 15 is 0 Å². The molecule has 1 aliphatic carbocycles. The van der Waals surface area contributed by atoms with Crippen LogP contribution in [0.3, 0.4) is 0 Å². The lowest BCUT2D eigenvalue weighted by atomic mass is 10.0. The number of carbonyl (C=O) groups is 2. The first-order valence-corrected chi connectivity index (χ1v) is 9.88. The average molecular weight is 486 g/mol. The van der Waals surface area contributed by atoms with Gasteiger partial charge in [-0.3, -0.25) is 4.79 Å². The number of carbonyl (C=O) groups excluding carboxylic acids is 2. The lowest BCUT2D eigenvalue weighted by molar-refractivity contribution is -0.382. The van der Waals surface area contributed by atoms with Crippen molar-refractivity contribution < 1.29 is 36.9 Å². The van der Waals surface area contributed by atoms with Crippen LogP contribution in [0.1, 0.15) is 16.9 Å². The molecule has 2 aromatic rings. The maximum atomic E-state index is 14.4. The van der Waals surface area contributed by atoms with E-state index in [1.165, 1.54) is 37.5 Å². The number of alkyl halides is 3. The molecule has 3 rings (SSSR count). The van der Waals surface area contributed by atoms with Gasteiger partial charge in [-0.1, -0.05) is 17.7 Å². The van der Waals surface area contributed by atoms with E-state index in [0.717, 1.165) is 18.2 Å². The molecule has 1 aromatic carbocycles. The number of ether oxygens (including phenoxy) is 1. The number of nitrogens with one attached hydrogen (secondary N) is 4. The third-order valence-corrected chi connectivity index (χ3v) is 4.83. The van der Waals surface area contributed by atoms with Gasteiger partial charge in [0, 0.05) is 24.2 Å². The summed E-state index contributed by atoms with van der Waals surface area (Å²) < 4.78 is 58.9. The molecular weight excluding hydrogens is 468 g/mol. The fourth-order valence-electron chi connectivity index (χ4n) is 2.92. The first-order valence-electron chi connectivity index (χ1n) is 9.50. The van der Waals surface area contributed by atoms with Crippen LogP contribution in [0, 0.1) is 5.82 Å². The maximum Gasteiger partial charge on any atom is 0.417 e. The maximum absolute atomic E-state index is 14.4. The zero-order valence-electron chi connectivity index (χ0n) is 17.0. The summed E-state index contributed by atoms with van der Waals surface area (Å²) in [4.78, 5) is 26.6. The molecule has 1 aliphatic rings. The first-order chi connectivity index (χ1) is 15.6. The predicted molar refractivity (Wildman–Crippen MR) is 111 cm³/mol. The minimum absolute atomic E-state index is 0.0492. The van der Waals surface area contributed by atoms with Crippen molar-refractivity contribution in [2.75, 3.05) is 12.4 Å². The molecule has 7 nitrogen and oxygen atoms in total. The van der Waals surface area contributed by atoms with Gasteiger partial charge in [0.2, 0.25) is 0 Å². The smallest absolute Gasteiger partial charge is 0.417 e. The summed E-state index contributed by atoms with van der Waals surface area (Å²) in [5, 5.41) is 6.57. The van der Waals surface area contributed by atoms with Gasteiger partial charge in [-0.05, 0) is 24.6 Å². The fourth-order valence-corrected chi connectivity index (χ4v) is 3.18. The summed E-state index contributed by atoms with van der Waals surface area (Å²) in [6.07, 6.45) is -1.18. The second-order valence-electron chi connectivity index (χ2n) is 6.83.